The van der Waals surface area contributed by atoms with Gasteiger partial charge < -0.3 is 0 Å². The van der Waals surface area contributed by atoms with Crippen molar-refractivity contribution >= 4 is 27.5 Å². The normalized spacial score (nSPS) is 21.8. The van der Waals surface area contributed by atoms with Gasteiger partial charge in [-0.25, -0.2) is 0 Å². The average Bonchev–Trinajstić information content (AvgIpc) is 2.36. The number of rotatable bonds is 2. The van der Waals surface area contributed by atoms with E-state index in [0.29, 0.717) is 6.42 Å². The molecule has 0 spiro atoms. The van der Waals surface area contributed by atoms with Crippen LogP contribution in [-0.2, 0) is 9.59 Å². The zero-order valence-electron chi connectivity index (χ0n) is 4.74. The van der Waals surface area contributed by atoms with Crippen molar-refractivity contribution in [3.63, 3.8) is 0 Å². The van der Waals surface area contributed by atoms with Gasteiger partial charge in [-0.1, -0.05) is 0 Å². The Morgan fingerprint density at radius 3 is 2.33 bits per heavy atom. The van der Waals surface area contributed by atoms with Crippen molar-refractivity contribution in [3.8, 4) is 0 Å². The summed E-state index contributed by atoms with van der Waals surface area (Å²) in [5.41, 5.74) is 0. The first-order valence-corrected chi connectivity index (χ1v) is 4.43. The van der Waals surface area contributed by atoms with E-state index in [9.17, 15) is 9.59 Å². The summed E-state index contributed by atoms with van der Waals surface area (Å²) >= 11 is 0.0660. The third-order valence-electron chi connectivity index (χ3n) is 1.22. The molecule has 48 valence electrons. The van der Waals surface area contributed by atoms with Crippen molar-refractivity contribution in [1.82, 2.24) is 0 Å². The van der Waals surface area contributed by atoms with Gasteiger partial charge in [0.05, 0.1) is 0 Å². The number of hydrogen-bond donors (Lipinski definition) is 0. The van der Waals surface area contributed by atoms with Crippen LogP contribution in [0, 0.1) is 0 Å². The van der Waals surface area contributed by atoms with Crippen LogP contribution < -0.4 is 0 Å². The second-order valence-electron chi connectivity index (χ2n) is 1.88. The average molecular weight is 189 g/mol. The summed E-state index contributed by atoms with van der Waals surface area (Å²) in [6.45, 7) is 0. The molecule has 1 heterocycles. The van der Waals surface area contributed by atoms with Crippen molar-refractivity contribution in [2.24, 2.45) is 0 Å². The molecule has 9 heavy (non-hydrogen) atoms. The van der Waals surface area contributed by atoms with E-state index in [2.05, 4.69) is 0 Å². The molecule has 0 unspecified atom stereocenters. The van der Waals surface area contributed by atoms with E-state index in [1.54, 1.807) is 0 Å². The third-order valence-corrected chi connectivity index (χ3v) is 3.58. The quantitative estimate of drug-likeness (QED) is 0.352. The van der Waals surface area contributed by atoms with Gasteiger partial charge in [-0.15, -0.1) is 0 Å². The van der Waals surface area contributed by atoms with Gasteiger partial charge in [-0.05, 0) is 0 Å². The summed E-state index contributed by atoms with van der Waals surface area (Å²) in [5.74, 6) is 0. The molecule has 1 aliphatic heterocycles. The van der Waals surface area contributed by atoms with Gasteiger partial charge >= 0.3 is 58.9 Å². The van der Waals surface area contributed by atoms with Crippen LogP contribution in [0.25, 0.3) is 0 Å². The summed E-state index contributed by atoms with van der Waals surface area (Å²) < 4.78 is -0.632. The summed E-state index contributed by atoms with van der Waals surface area (Å²) in [7, 11) is 0. The Kier molecular flexibility index (Phi) is 1.84. The standard InChI is InChI=1S/C6H6O2Se/c7-4-6(5-8)2-1-3-9-6/h1,3-5H,2H2. The zero-order chi connectivity index (χ0) is 6.74. The maximum atomic E-state index is 10.3. The zero-order valence-corrected chi connectivity index (χ0v) is 6.45. The summed E-state index contributed by atoms with van der Waals surface area (Å²) in [4.78, 5) is 22.5. The van der Waals surface area contributed by atoms with Crippen molar-refractivity contribution < 1.29 is 9.59 Å². The molecule has 0 aromatic rings. The SMILES string of the molecule is O=CC1(C=O)CC=C[Se]1. The van der Waals surface area contributed by atoms with Crippen LogP contribution in [0.5, 0.6) is 0 Å². The summed E-state index contributed by atoms with van der Waals surface area (Å²) in [6.07, 6.45) is 4.03. The Labute approximate surface area is 59.5 Å². The molecule has 0 radical (unpaired) electrons. The van der Waals surface area contributed by atoms with Crippen molar-refractivity contribution in [2.75, 3.05) is 0 Å². The van der Waals surface area contributed by atoms with Crippen molar-refractivity contribution in [1.29, 1.82) is 0 Å². The fraction of sp³-hybridized carbons (Fsp3) is 0.333. The molecule has 1 rings (SSSR count). The number of aldehydes is 2. The van der Waals surface area contributed by atoms with Crippen LogP contribution in [-0.4, -0.2) is 27.5 Å². The molecule has 0 aromatic heterocycles. The minimum absolute atomic E-state index is 0.0660. The van der Waals surface area contributed by atoms with Gasteiger partial charge in [0, 0.05) is 0 Å². The molecule has 0 bridgehead atoms. The molecule has 0 aromatic carbocycles. The van der Waals surface area contributed by atoms with Gasteiger partial charge in [0.1, 0.15) is 0 Å². The second kappa shape index (κ2) is 2.46. The molecule has 2 nitrogen and oxygen atoms in total. The molecule has 0 atom stereocenters. The Morgan fingerprint density at radius 2 is 2.11 bits per heavy atom. The molecule has 0 amide bonds. The van der Waals surface area contributed by atoms with E-state index in [1.165, 1.54) is 0 Å². The third kappa shape index (κ3) is 1.12. The van der Waals surface area contributed by atoms with Crippen LogP contribution in [0.2, 0.25) is 4.31 Å². The van der Waals surface area contributed by atoms with Crippen LogP contribution in [0.3, 0.4) is 0 Å². The van der Waals surface area contributed by atoms with Crippen molar-refractivity contribution in [3.05, 3.63) is 11.1 Å². The van der Waals surface area contributed by atoms with Gasteiger partial charge in [0.25, 0.3) is 0 Å². The Morgan fingerprint density at radius 1 is 1.44 bits per heavy atom. The Hall–Kier alpha value is -0.401. The second-order valence-corrected chi connectivity index (χ2v) is 4.54. The fourth-order valence-corrected chi connectivity index (χ4v) is 2.21. The van der Waals surface area contributed by atoms with Crippen LogP contribution >= 0.6 is 0 Å². The van der Waals surface area contributed by atoms with E-state index >= 15 is 0 Å². The number of allylic oxidation sites excluding steroid dienone is 1. The molecule has 0 aliphatic carbocycles. The van der Waals surface area contributed by atoms with E-state index in [4.69, 9.17) is 0 Å². The van der Waals surface area contributed by atoms with E-state index in [0.717, 1.165) is 12.6 Å². The topological polar surface area (TPSA) is 34.1 Å². The van der Waals surface area contributed by atoms with Gasteiger partial charge in [0.2, 0.25) is 0 Å². The molecular weight excluding hydrogens is 183 g/mol. The Bertz CT molecular complexity index is 144. The molecular formula is C6H6O2Se. The maximum absolute atomic E-state index is 10.3. The molecule has 0 saturated carbocycles. The van der Waals surface area contributed by atoms with Crippen molar-refractivity contribution in [2.45, 2.75) is 10.7 Å². The molecule has 0 fully saturated rings. The van der Waals surface area contributed by atoms with Crippen LogP contribution in [0.4, 0.5) is 0 Å². The molecule has 0 N–H and O–H groups in total. The predicted molar refractivity (Wildman–Crippen MR) is 34.3 cm³/mol. The Balaban J connectivity index is 2.71. The van der Waals surface area contributed by atoms with E-state index in [1.807, 2.05) is 11.1 Å². The monoisotopic (exact) mass is 190 g/mol. The molecule has 0 saturated heterocycles. The van der Waals surface area contributed by atoms with Gasteiger partial charge in [-0.2, -0.15) is 0 Å². The summed E-state index contributed by atoms with van der Waals surface area (Å²) in [6, 6.07) is 0. The van der Waals surface area contributed by atoms with Gasteiger partial charge in [0.15, 0.2) is 0 Å². The van der Waals surface area contributed by atoms with Crippen LogP contribution in [0.1, 0.15) is 6.42 Å². The number of hydrogen-bond acceptors (Lipinski definition) is 2. The molecule has 3 heteroatoms. The fourth-order valence-electron chi connectivity index (χ4n) is 0.635. The number of carbonyl (C=O) groups is 2. The molecule has 1 aliphatic rings. The minimum atomic E-state index is -0.632. The first kappa shape index (κ1) is 6.72. The van der Waals surface area contributed by atoms with E-state index in [-0.39, 0.29) is 15.0 Å². The first-order valence-electron chi connectivity index (χ1n) is 2.58. The van der Waals surface area contributed by atoms with Gasteiger partial charge in [-0.3, -0.25) is 0 Å². The summed E-state index contributed by atoms with van der Waals surface area (Å²) in [5, 5.41) is 0. The van der Waals surface area contributed by atoms with E-state index < -0.39 is 4.31 Å². The van der Waals surface area contributed by atoms with Crippen LogP contribution in [0.15, 0.2) is 11.1 Å². The predicted octanol–water partition coefficient (Wildman–Crippen LogP) is 0.164. The first-order chi connectivity index (χ1) is 4.33. The number of carbonyl (C=O) groups excluding carboxylic acids is 2.